The summed E-state index contributed by atoms with van der Waals surface area (Å²) in [4.78, 5) is 14.3. The Balaban J connectivity index is 1.63. The van der Waals surface area contributed by atoms with Crippen molar-refractivity contribution in [1.82, 2.24) is 10.2 Å². The molecule has 1 aromatic carbocycles. The molecular weight excluding hydrogens is 320 g/mol. The summed E-state index contributed by atoms with van der Waals surface area (Å²) in [6.45, 7) is 5.33. The van der Waals surface area contributed by atoms with Crippen LogP contribution in [0.4, 0.5) is 0 Å². The average molecular weight is 344 g/mol. The zero-order valence-electron chi connectivity index (χ0n) is 14.8. The number of rotatable bonds is 4. The maximum atomic E-state index is 11.8. The van der Waals surface area contributed by atoms with Gasteiger partial charge < -0.3 is 19.2 Å². The second kappa shape index (κ2) is 6.35. The third-order valence-corrected chi connectivity index (χ3v) is 5.59. The summed E-state index contributed by atoms with van der Waals surface area (Å²) in [7, 11) is 2.96. The number of nitrogens with one attached hydrogen (secondary N) is 1. The van der Waals surface area contributed by atoms with E-state index in [0.717, 1.165) is 43.7 Å². The van der Waals surface area contributed by atoms with Crippen LogP contribution in [0.5, 0.6) is 5.75 Å². The minimum absolute atomic E-state index is 0.209. The molecule has 0 amide bonds. The van der Waals surface area contributed by atoms with Crippen LogP contribution in [-0.2, 0) is 11.3 Å². The van der Waals surface area contributed by atoms with Gasteiger partial charge in [0.25, 0.3) is 0 Å². The van der Waals surface area contributed by atoms with Gasteiger partial charge in [0.05, 0.1) is 14.2 Å². The molecule has 3 heterocycles. The van der Waals surface area contributed by atoms with Crippen molar-refractivity contribution in [2.45, 2.75) is 19.4 Å². The Labute approximate surface area is 147 Å². The van der Waals surface area contributed by atoms with Crippen molar-refractivity contribution in [1.29, 1.82) is 0 Å². The summed E-state index contributed by atoms with van der Waals surface area (Å²) >= 11 is 0. The zero-order chi connectivity index (χ0) is 17.4. The first-order valence-electron chi connectivity index (χ1n) is 8.75. The second-order valence-electron chi connectivity index (χ2n) is 7.16. The van der Waals surface area contributed by atoms with Gasteiger partial charge in [0.1, 0.15) is 0 Å². The number of esters is 1. The highest BCUT2D eigenvalue weighted by Gasteiger charge is 2.40. The van der Waals surface area contributed by atoms with E-state index < -0.39 is 5.97 Å². The number of ether oxygens (including phenoxy) is 2. The van der Waals surface area contributed by atoms with Gasteiger partial charge in [-0.25, -0.2) is 4.79 Å². The third kappa shape index (κ3) is 2.89. The number of carbonyl (C=O) groups is 1. The van der Waals surface area contributed by atoms with E-state index >= 15 is 0 Å². The number of carbonyl (C=O) groups excluding carboxylic acids is 1. The molecule has 0 saturated carbocycles. The lowest BCUT2D eigenvalue weighted by atomic mass is 9.86. The van der Waals surface area contributed by atoms with Crippen molar-refractivity contribution in [3.05, 3.63) is 29.5 Å². The van der Waals surface area contributed by atoms with E-state index in [9.17, 15) is 4.79 Å². The molecule has 1 unspecified atom stereocenters. The minimum atomic E-state index is -0.471. The Morgan fingerprint density at radius 1 is 1.36 bits per heavy atom. The topological polar surface area (TPSA) is 63.9 Å². The molecule has 1 aromatic heterocycles. The highest BCUT2D eigenvalue weighted by atomic mass is 16.5. The Morgan fingerprint density at radius 3 is 2.96 bits per heavy atom. The van der Waals surface area contributed by atoms with E-state index in [-0.39, 0.29) is 5.76 Å². The fourth-order valence-corrected chi connectivity index (χ4v) is 4.20. The summed E-state index contributed by atoms with van der Waals surface area (Å²) in [5.74, 6) is 0.370. The fraction of sp³-hybridized carbons (Fsp3) is 0.526. The van der Waals surface area contributed by atoms with Crippen molar-refractivity contribution in [3.8, 4) is 5.75 Å². The second-order valence-corrected chi connectivity index (χ2v) is 7.16. The molecule has 4 rings (SSSR count). The average Bonchev–Trinajstić information content (AvgIpc) is 3.35. The van der Waals surface area contributed by atoms with Gasteiger partial charge in [-0.15, -0.1) is 0 Å². The van der Waals surface area contributed by atoms with Crippen molar-refractivity contribution in [2.75, 3.05) is 40.4 Å². The molecule has 2 fully saturated rings. The lowest BCUT2D eigenvalue weighted by Gasteiger charge is -2.23. The number of benzene rings is 1. The third-order valence-electron chi connectivity index (χ3n) is 5.59. The number of methoxy groups -OCH3 is 2. The smallest absolute Gasteiger partial charge is 0.373 e. The largest absolute Gasteiger partial charge is 0.493 e. The van der Waals surface area contributed by atoms with E-state index in [0.29, 0.717) is 16.7 Å². The van der Waals surface area contributed by atoms with Gasteiger partial charge in [-0.2, -0.15) is 0 Å². The van der Waals surface area contributed by atoms with Crippen LogP contribution >= 0.6 is 0 Å². The quantitative estimate of drug-likeness (QED) is 0.860. The highest BCUT2D eigenvalue weighted by Crippen LogP contribution is 2.38. The number of likely N-dealkylation sites (tertiary alicyclic amines) is 1. The zero-order valence-corrected chi connectivity index (χ0v) is 14.8. The lowest BCUT2D eigenvalue weighted by Crippen LogP contribution is -2.28. The van der Waals surface area contributed by atoms with Crippen LogP contribution in [0, 0.1) is 5.41 Å². The fourth-order valence-electron chi connectivity index (χ4n) is 4.20. The van der Waals surface area contributed by atoms with Gasteiger partial charge in [0.2, 0.25) is 5.76 Å². The number of nitrogens with zero attached hydrogens (tertiary/aromatic N) is 1. The first-order valence-corrected chi connectivity index (χ1v) is 8.75. The number of hydrogen-bond acceptors (Lipinski definition) is 6. The van der Waals surface area contributed by atoms with Gasteiger partial charge in [0.15, 0.2) is 11.3 Å². The maximum absolute atomic E-state index is 11.8. The summed E-state index contributed by atoms with van der Waals surface area (Å²) in [5, 5.41) is 4.42. The molecule has 1 spiro atoms. The molecule has 2 saturated heterocycles. The molecular formula is C19H24N2O4. The normalized spacial score (nSPS) is 23.6. The van der Waals surface area contributed by atoms with E-state index in [1.54, 1.807) is 13.2 Å². The van der Waals surface area contributed by atoms with Crippen LogP contribution in [0.25, 0.3) is 11.0 Å². The summed E-state index contributed by atoms with van der Waals surface area (Å²) in [6.07, 6.45) is 2.51. The lowest BCUT2D eigenvalue weighted by molar-refractivity contribution is 0.0567. The summed E-state index contributed by atoms with van der Waals surface area (Å²) in [6, 6.07) is 5.74. The van der Waals surface area contributed by atoms with Crippen LogP contribution in [0.15, 0.2) is 22.6 Å². The minimum Gasteiger partial charge on any atom is -0.493 e. The molecule has 2 aliphatic rings. The molecule has 6 nitrogen and oxygen atoms in total. The Kier molecular flexibility index (Phi) is 4.17. The first kappa shape index (κ1) is 16.4. The SMILES string of the molecule is COC(=O)c1cc2c(CN3CCC4(CCNC4)C3)ccc(OC)c2o1. The molecule has 0 bridgehead atoms. The Bertz CT molecular complexity index is 792. The van der Waals surface area contributed by atoms with Crippen LogP contribution in [-0.4, -0.2) is 51.3 Å². The van der Waals surface area contributed by atoms with Crippen LogP contribution < -0.4 is 10.1 Å². The molecule has 2 aromatic rings. The predicted molar refractivity (Wildman–Crippen MR) is 93.9 cm³/mol. The van der Waals surface area contributed by atoms with Crippen molar-refractivity contribution >= 4 is 16.9 Å². The molecule has 1 N–H and O–H groups in total. The molecule has 2 aliphatic heterocycles. The van der Waals surface area contributed by atoms with Crippen molar-refractivity contribution in [2.24, 2.45) is 5.41 Å². The number of fused-ring (bicyclic) bond motifs is 1. The molecule has 1 atom stereocenters. The maximum Gasteiger partial charge on any atom is 0.373 e. The Hall–Kier alpha value is -2.05. The first-order chi connectivity index (χ1) is 12.1. The van der Waals surface area contributed by atoms with E-state index in [1.807, 2.05) is 6.07 Å². The standard InChI is InChI=1S/C19H24N2O4/c1-23-15-4-3-13(14-9-16(18(22)24-2)25-17(14)15)10-21-8-6-19(12-21)5-7-20-11-19/h3-4,9,20H,5-8,10-12H2,1-2H3. The van der Waals surface area contributed by atoms with E-state index in [1.165, 1.54) is 20.0 Å². The Morgan fingerprint density at radius 2 is 2.24 bits per heavy atom. The predicted octanol–water partition coefficient (Wildman–Crippen LogP) is 2.41. The highest BCUT2D eigenvalue weighted by molar-refractivity contribution is 5.95. The molecule has 0 aliphatic carbocycles. The van der Waals surface area contributed by atoms with Crippen molar-refractivity contribution in [3.63, 3.8) is 0 Å². The van der Waals surface area contributed by atoms with Gasteiger partial charge in [-0.3, -0.25) is 4.90 Å². The molecule has 134 valence electrons. The number of furan rings is 1. The molecule has 0 radical (unpaired) electrons. The van der Waals surface area contributed by atoms with Gasteiger partial charge >= 0.3 is 5.97 Å². The monoisotopic (exact) mass is 344 g/mol. The number of hydrogen-bond donors (Lipinski definition) is 1. The van der Waals surface area contributed by atoms with Gasteiger partial charge in [-0.1, -0.05) is 6.07 Å². The summed E-state index contributed by atoms with van der Waals surface area (Å²) in [5.41, 5.74) is 2.20. The van der Waals surface area contributed by atoms with E-state index in [4.69, 9.17) is 13.9 Å². The summed E-state index contributed by atoms with van der Waals surface area (Å²) < 4.78 is 15.9. The van der Waals surface area contributed by atoms with Crippen LogP contribution in [0.3, 0.4) is 0 Å². The van der Waals surface area contributed by atoms with Crippen molar-refractivity contribution < 1.29 is 18.7 Å². The van der Waals surface area contributed by atoms with Crippen LogP contribution in [0.1, 0.15) is 29.0 Å². The van der Waals surface area contributed by atoms with E-state index in [2.05, 4.69) is 16.3 Å². The molecule has 25 heavy (non-hydrogen) atoms. The molecule has 6 heteroatoms. The van der Waals surface area contributed by atoms with Gasteiger partial charge in [-0.05, 0) is 49.0 Å². The van der Waals surface area contributed by atoms with Crippen LogP contribution in [0.2, 0.25) is 0 Å². The van der Waals surface area contributed by atoms with Gasteiger partial charge in [0, 0.05) is 25.0 Å².